The van der Waals surface area contributed by atoms with Crippen molar-refractivity contribution in [1.29, 1.82) is 0 Å². The number of carbonyl (C=O) groups is 1. The summed E-state index contributed by atoms with van der Waals surface area (Å²) in [5.74, 6) is -0.738. The van der Waals surface area contributed by atoms with Crippen LogP contribution in [0.4, 0.5) is 15.9 Å². The van der Waals surface area contributed by atoms with Crippen LogP contribution in [-0.4, -0.2) is 35.1 Å². The Morgan fingerprint density at radius 1 is 1.16 bits per heavy atom. The maximum Gasteiger partial charge on any atom is 0.280 e. The summed E-state index contributed by atoms with van der Waals surface area (Å²) in [6.07, 6.45) is 1.76. The number of rotatable bonds is 6. The molecule has 32 heavy (non-hydrogen) atoms. The number of nitrogen functional groups attached to an aromatic ring is 1. The van der Waals surface area contributed by atoms with Gasteiger partial charge in [-0.05, 0) is 48.0 Å². The molecule has 2 aromatic heterocycles. The van der Waals surface area contributed by atoms with Crippen LogP contribution in [0.1, 0.15) is 15.9 Å². The third kappa shape index (κ3) is 4.35. The zero-order valence-electron chi connectivity index (χ0n) is 17.7. The highest BCUT2D eigenvalue weighted by molar-refractivity contribution is 5.94. The first kappa shape index (κ1) is 21.2. The van der Waals surface area contributed by atoms with Crippen LogP contribution in [0.3, 0.4) is 0 Å². The maximum atomic E-state index is 14.6. The predicted octanol–water partition coefficient (Wildman–Crippen LogP) is 4.26. The first-order valence-corrected chi connectivity index (χ1v) is 9.92. The summed E-state index contributed by atoms with van der Waals surface area (Å²) < 4.78 is 14.6. The molecule has 8 heteroatoms. The number of anilines is 2. The summed E-state index contributed by atoms with van der Waals surface area (Å²) in [5, 5.41) is 5.25. The van der Waals surface area contributed by atoms with Crippen molar-refractivity contribution in [2.75, 3.05) is 25.2 Å². The van der Waals surface area contributed by atoms with E-state index in [4.69, 9.17) is 10.6 Å². The van der Waals surface area contributed by atoms with E-state index in [0.717, 1.165) is 21.5 Å². The number of nitrogens with one attached hydrogen (secondary N) is 1. The van der Waals surface area contributed by atoms with Crippen molar-refractivity contribution in [3.8, 4) is 11.3 Å². The maximum absolute atomic E-state index is 14.6. The van der Waals surface area contributed by atoms with Crippen LogP contribution in [0.25, 0.3) is 22.2 Å². The van der Waals surface area contributed by atoms with E-state index in [1.165, 1.54) is 26.3 Å². The minimum absolute atomic E-state index is 0.0855. The van der Waals surface area contributed by atoms with Gasteiger partial charge in [-0.15, -0.1) is 0 Å². The second kappa shape index (κ2) is 8.99. The van der Waals surface area contributed by atoms with E-state index in [1.54, 1.807) is 24.4 Å². The molecule has 0 aliphatic heterocycles. The Bertz CT molecular complexity index is 1290. The Hall–Kier alpha value is -4.04. The number of aromatic nitrogens is 2. The highest BCUT2D eigenvalue weighted by atomic mass is 19.1. The van der Waals surface area contributed by atoms with Gasteiger partial charge in [0.05, 0.1) is 29.6 Å². The summed E-state index contributed by atoms with van der Waals surface area (Å²) in [6, 6.07) is 17.7. The van der Waals surface area contributed by atoms with E-state index in [0.29, 0.717) is 29.3 Å². The van der Waals surface area contributed by atoms with Crippen molar-refractivity contribution < 1.29 is 14.0 Å². The molecule has 0 bridgehead atoms. The van der Waals surface area contributed by atoms with Gasteiger partial charge in [0.25, 0.3) is 5.91 Å². The standard InChI is InChI=1S/C24H22FN5O2/c1-30(32-2)24(31)18-7-6-17(13-19(18)25)22-10-8-20(26)23(29-22)28-14-15-5-9-21-16(12-15)4-3-11-27-21/h3-13H,14,26H2,1-2H3,(H,28,29). The number of nitrogens with zero attached hydrogens (tertiary/aromatic N) is 3. The van der Waals surface area contributed by atoms with Gasteiger partial charge in [0.15, 0.2) is 0 Å². The lowest BCUT2D eigenvalue weighted by Crippen LogP contribution is -2.26. The first-order chi connectivity index (χ1) is 15.5. The second-order valence-electron chi connectivity index (χ2n) is 7.20. The molecule has 0 unspecified atom stereocenters. The van der Waals surface area contributed by atoms with Crippen molar-refractivity contribution in [2.24, 2.45) is 0 Å². The predicted molar refractivity (Wildman–Crippen MR) is 122 cm³/mol. The molecule has 0 atom stereocenters. The van der Waals surface area contributed by atoms with Crippen LogP contribution >= 0.6 is 0 Å². The molecule has 0 radical (unpaired) electrons. The summed E-state index contributed by atoms with van der Waals surface area (Å²) >= 11 is 0. The fourth-order valence-electron chi connectivity index (χ4n) is 3.29. The number of hydrogen-bond donors (Lipinski definition) is 2. The Morgan fingerprint density at radius 3 is 2.78 bits per heavy atom. The van der Waals surface area contributed by atoms with E-state index < -0.39 is 11.7 Å². The van der Waals surface area contributed by atoms with E-state index in [1.807, 2.05) is 24.3 Å². The number of nitrogens with two attached hydrogens (primary N) is 1. The quantitative estimate of drug-likeness (QED) is 0.443. The molecule has 0 fully saturated rings. The summed E-state index contributed by atoms with van der Waals surface area (Å²) in [6.45, 7) is 0.511. The molecule has 0 aliphatic rings. The van der Waals surface area contributed by atoms with Gasteiger partial charge in [0.2, 0.25) is 0 Å². The van der Waals surface area contributed by atoms with E-state index >= 15 is 0 Å². The third-order valence-corrected chi connectivity index (χ3v) is 5.11. The van der Waals surface area contributed by atoms with Gasteiger partial charge in [-0.2, -0.15) is 0 Å². The molecule has 1 amide bonds. The number of hydroxylamine groups is 2. The lowest BCUT2D eigenvalue weighted by atomic mass is 10.1. The van der Waals surface area contributed by atoms with Crippen molar-refractivity contribution >= 4 is 28.3 Å². The van der Waals surface area contributed by atoms with Crippen LogP contribution in [0.15, 0.2) is 66.9 Å². The van der Waals surface area contributed by atoms with Gasteiger partial charge in [-0.25, -0.2) is 14.4 Å². The molecule has 7 nitrogen and oxygen atoms in total. The Morgan fingerprint density at radius 2 is 2.00 bits per heavy atom. The average Bonchev–Trinajstić information content (AvgIpc) is 2.82. The highest BCUT2D eigenvalue weighted by Crippen LogP contribution is 2.26. The van der Waals surface area contributed by atoms with Crippen LogP contribution < -0.4 is 11.1 Å². The number of hydrogen-bond acceptors (Lipinski definition) is 6. The number of halogens is 1. The lowest BCUT2D eigenvalue weighted by molar-refractivity contribution is -0.0759. The van der Waals surface area contributed by atoms with Crippen molar-refractivity contribution in [2.45, 2.75) is 6.54 Å². The van der Waals surface area contributed by atoms with Crippen LogP contribution in [0, 0.1) is 5.82 Å². The fraction of sp³-hybridized carbons (Fsp3) is 0.125. The van der Waals surface area contributed by atoms with Crippen molar-refractivity contribution in [1.82, 2.24) is 15.0 Å². The number of carbonyl (C=O) groups excluding carboxylic acids is 1. The molecule has 4 aromatic rings. The van der Waals surface area contributed by atoms with Crippen molar-refractivity contribution in [3.63, 3.8) is 0 Å². The number of amides is 1. The summed E-state index contributed by atoms with van der Waals surface area (Å²) in [7, 11) is 2.76. The van der Waals surface area contributed by atoms with Crippen LogP contribution in [0.2, 0.25) is 0 Å². The van der Waals surface area contributed by atoms with Crippen LogP contribution in [-0.2, 0) is 11.4 Å². The van der Waals surface area contributed by atoms with Crippen molar-refractivity contribution in [3.05, 3.63) is 83.8 Å². The number of benzene rings is 2. The zero-order chi connectivity index (χ0) is 22.7. The van der Waals surface area contributed by atoms with E-state index in [9.17, 15) is 9.18 Å². The Balaban J connectivity index is 1.55. The second-order valence-corrected chi connectivity index (χ2v) is 7.20. The lowest BCUT2D eigenvalue weighted by Gasteiger charge is -2.15. The van der Waals surface area contributed by atoms with Crippen LogP contribution in [0.5, 0.6) is 0 Å². The number of pyridine rings is 2. The molecule has 0 aliphatic carbocycles. The SMILES string of the molecule is CON(C)C(=O)c1ccc(-c2ccc(N)c(NCc3ccc4ncccc4c3)n2)cc1F. The molecular weight excluding hydrogens is 409 g/mol. The minimum atomic E-state index is -0.658. The molecule has 2 aromatic carbocycles. The van der Waals surface area contributed by atoms with Gasteiger partial charge >= 0.3 is 0 Å². The van der Waals surface area contributed by atoms with Gasteiger partial charge in [0.1, 0.15) is 11.6 Å². The largest absolute Gasteiger partial charge is 0.396 e. The molecule has 162 valence electrons. The first-order valence-electron chi connectivity index (χ1n) is 9.92. The zero-order valence-corrected chi connectivity index (χ0v) is 17.7. The van der Waals surface area contributed by atoms with E-state index in [2.05, 4.69) is 21.4 Å². The smallest absolute Gasteiger partial charge is 0.280 e. The molecule has 0 saturated carbocycles. The minimum Gasteiger partial charge on any atom is -0.396 e. The van der Waals surface area contributed by atoms with Gasteiger partial charge < -0.3 is 11.1 Å². The van der Waals surface area contributed by atoms with Gasteiger partial charge in [-0.3, -0.25) is 14.6 Å². The Labute approximate surface area is 184 Å². The highest BCUT2D eigenvalue weighted by Gasteiger charge is 2.17. The summed E-state index contributed by atoms with van der Waals surface area (Å²) in [4.78, 5) is 25.9. The monoisotopic (exact) mass is 431 g/mol. The van der Waals surface area contributed by atoms with Gasteiger partial charge in [0, 0.05) is 30.7 Å². The molecule has 4 rings (SSSR count). The van der Waals surface area contributed by atoms with E-state index in [-0.39, 0.29) is 5.56 Å². The topological polar surface area (TPSA) is 93.4 Å². The summed E-state index contributed by atoms with van der Waals surface area (Å²) in [5.41, 5.74) is 9.52. The normalized spacial score (nSPS) is 10.8. The molecule has 0 spiro atoms. The molecular formula is C24H22FN5O2. The molecule has 2 heterocycles. The molecule has 0 saturated heterocycles. The fourth-order valence-corrected chi connectivity index (χ4v) is 3.29. The van der Waals surface area contributed by atoms with Gasteiger partial charge in [-0.1, -0.05) is 18.2 Å². The Kier molecular flexibility index (Phi) is 5.96. The average molecular weight is 431 g/mol. The molecule has 3 N–H and O–H groups in total. The third-order valence-electron chi connectivity index (χ3n) is 5.11. The number of fused-ring (bicyclic) bond motifs is 1.